The minimum absolute atomic E-state index is 0.204. The van der Waals surface area contributed by atoms with Crippen molar-refractivity contribution in [1.29, 1.82) is 0 Å². The van der Waals surface area contributed by atoms with Crippen molar-refractivity contribution < 1.29 is 9.53 Å². The van der Waals surface area contributed by atoms with Gasteiger partial charge in [-0.2, -0.15) is 0 Å². The molecule has 0 amide bonds. The minimum atomic E-state index is 0.204. The standard InChI is InChI=1S/C17H18O2/c1-13-8-9-17(19-2)15(10-13)12-16(18)11-14-6-4-3-5-7-14/h3-10H,11-12H2,1-2H3. The van der Waals surface area contributed by atoms with Crippen LogP contribution in [-0.4, -0.2) is 12.9 Å². The molecule has 0 saturated heterocycles. The molecular formula is C17H18O2. The predicted molar refractivity (Wildman–Crippen MR) is 76.6 cm³/mol. The van der Waals surface area contributed by atoms with Crippen molar-refractivity contribution in [2.75, 3.05) is 7.11 Å². The van der Waals surface area contributed by atoms with Crippen LogP contribution in [0.4, 0.5) is 0 Å². The van der Waals surface area contributed by atoms with Crippen LogP contribution >= 0.6 is 0 Å². The van der Waals surface area contributed by atoms with Crippen LogP contribution in [0.2, 0.25) is 0 Å². The second-order valence-electron chi connectivity index (χ2n) is 4.69. The fraction of sp³-hybridized carbons (Fsp3) is 0.235. The summed E-state index contributed by atoms with van der Waals surface area (Å²) >= 11 is 0. The van der Waals surface area contributed by atoms with Gasteiger partial charge in [0.1, 0.15) is 11.5 Å². The quantitative estimate of drug-likeness (QED) is 0.817. The summed E-state index contributed by atoms with van der Waals surface area (Å²) < 4.78 is 5.30. The lowest BCUT2D eigenvalue weighted by molar-refractivity contribution is -0.117. The predicted octanol–water partition coefficient (Wildman–Crippen LogP) is 3.36. The maximum Gasteiger partial charge on any atom is 0.141 e. The van der Waals surface area contributed by atoms with Gasteiger partial charge in [0.15, 0.2) is 0 Å². The number of carbonyl (C=O) groups excluding carboxylic acids is 1. The summed E-state index contributed by atoms with van der Waals surface area (Å²) in [5.41, 5.74) is 3.16. The molecular weight excluding hydrogens is 236 g/mol. The molecule has 0 heterocycles. The highest BCUT2D eigenvalue weighted by molar-refractivity contribution is 5.83. The van der Waals surface area contributed by atoms with Gasteiger partial charge in [-0.05, 0) is 18.6 Å². The van der Waals surface area contributed by atoms with Crippen LogP contribution in [0.1, 0.15) is 16.7 Å². The number of hydrogen-bond donors (Lipinski definition) is 0. The molecule has 0 aliphatic heterocycles. The molecule has 2 heteroatoms. The van der Waals surface area contributed by atoms with Crippen molar-refractivity contribution in [2.24, 2.45) is 0 Å². The molecule has 0 aliphatic rings. The molecule has 19 heavy (non-hydrogen) atoms. The lowest BCUT2D eigenvalue weighted by Crippen LogP contribution is -2.07. The lowest BCUT2D eigenvalue weighted by atomic mass is 10.0. The Labute approximate surface area is 114 Å². The summed E-state index contributed by atoms with van der Waals surface area (Å²) in [5.74, 6) is 0.988. The van der Waals surface area contributed by atoms with Gasteiger partial charge >= 0.3 is 0 Å². The van der Waals surface area contributed by atoms with Gasteiger partial charge in [-0.25, -0.2) is 0 Å². The van der Waals surface area contributed by atoms with E-state index in [1.54, 1.807) is 7.11 Å². The number of ether oxygens (including phenoxy) is 1. The third kappa shape index (κ3) is 3.68. The fourth-order valence-electron chi connectivity index (χ4n) is 2.14. The van der Waals surface area contributed by atoms with E-state index in [-0.39, 0.29) is 5.78 Å². The molecule has 0 atom stereocenters. The SMILES string of the molecule is COc1ccc(C)cc1CC(=O)Cc1ccccc1. The van der Waals surface area contributed by atoms with Crippen LogP contribution in [0.15, 0.2) is 48.5 Å². The Morgan fingerprint density at radius 1 is 1.05 bits per heavy atom. The number of carbonyl (C=O) groups is 1. The first-order valence-corrected chi connectivity index (χ1v) is 6.38. The van der Waals surface area contributed by atoms with Crippen molar-refractivity contribution in [3.8, 4) is 5.75 Å². The van der Waals surface area contributed by atoms with Crippen LogP contribution in [-0.2, 0) is 17.6 Å². The topological polar surface area (TPSA) is 26.3 Å². The lowest BCUT2D eigenvalue weighted by Gasteiger charge is -2.09. The largest absolute Gasteiger partial charge is 0.496 e. The highest BCUT2D eigenvalue weighted by Crippen LogP contribution is 2.20. The maximum atomic E-state index is 12.1. The van der Waals surface area contributed by atoms with Gasteiger partial charge in [0.2, 0.25) is 0 Å². The van der Waals surface area contributed by atoms with Gasteiger partial charge in [0, 0.05) is 18.4 Å². The number of benzene rings is 2. The zero-order chi connectivity index (χ0) is 13.7. The Balaban J connectivity index is 2.09. The summed E-state index contributed by atoms with van der Waals surface area (Å²) in [7, 11) is 1.63. The van der Waals surface area contributed by atoms with Crippen molar-refractivity contribution in [1.82, 2.24) is 0 Å². The average molecular weight is 254 g/mol. The van der Waals surface area contributed by atoms with Crippen LogP contribution < -0.4 is 4.74 Å². The molecule has 98 valence electrons. The van der Waals surface area contributed by atoms with E-state index in [1.165, 1.54) is 0 Å². The summed E-state index contributed by atoms with van der Waals surface area (Å²) in [4.78, 5) is 12.1. The number of aryl methyl sites for hydroxylation is 1. The van der Waals surface area contributed by atoms with Gasteiger partial charge in [-0.15, -0.1) is 0 Å². The van der Waals surface area contributed by atoms with E-state index in [0.29, 0.717) is 12.8 Å². The van der Waals surface area contributed by atoms with E-state index >= 15 is 0 Å². The first-order chi connectivity index (χ1) is 9.19. The van der Waals surface area contributed by atoms with Crippen molar-refractivity contribution in [3.05, 3.63) is 65.2 Å². The molecule has 0 bridgehead atoms. The number of Topliss-reactive ketones (excluding diaryl/α,β-unsaturated/α-hetero) is 1. The second-order valence-corrected chi connectivity index (χ2v) is 4.69. The van der Waals surface area contributed by atoms with Crippen LogP contribution in [0.25, 0.3) is 0 Å². The summed E-state index contributed by atoms with van der Waals surface area (Å²) in [6.45, 7) is 2.02. The van der Waals surface area contributed by atoms with E-state index in [2.05, 4.69) is 0 Å². The van der Waals surface area contributed by atoms with Gasteiger partial charge in [-0.3, -0.25) is 4.79 Å². The first kappa shape index (κ1) is 13.3. The summed E-state index contributed by atoms with van der Waals surface area (Å²) in [6.07, 6.45) is 0.887. The van der Waals surface area contributed by atoms with E-state index in [1.807, 2.05) is 55.5 Å². The number of methoxy groups -OCH3 is 1. The average Bonchev–Trinajstić information content (AvgIpc) is 2.40. The van der Waals surface area contributed by atoms with Gasteiger partial charge in [0.05, 0.1) is 7.11 Å². The van der Waals surface area contributed by atoms with Gasteiger partial charge < -0.3 is 4.74 Å². The van der Waals surface area contributed by atoms with Crippen LogP contribution in [0.3, 0.4) is 0 Å². The maximum absolute atomic E-state index is 12.1. The van der Waals surface area contributed by atoms with Crippen LogP contribution in [0.5, 0.6) is 5.75 Å². The third-order valence-electron chi connectivity index (χ3n) is 3.07. The molecule has 0 saturated carbocycles. The summed E-state index contributed by atoms with van der Waals surface area (Å²) in [6, 6.07) is 15.7. The Kier molecular flexibility index (Phi) is 4.35. The zero-order valence-corrected chi connectivity index (χ0v) is 11.3. The fourth-order valence-corrected chi connectivity index (χ4v) is 2.14. The molecule has 2 aromatic rings. The number of ketones is 1. The Hall–Kier alpha value is -2.09. The Morgan fingerprint density at radius 2 is 1.79 bits per heavy atom. The Bertz CT molecular complexity index is 559. The third-order valence-corrected chi connectivity index (χ3v) is 3.07. The molecule has 0 radical (unpaired) electrons. The van der Waals surface area contributed by atoms with Gasteiger partial charge in [0.25, 0.3) is 0 Å². The van der Waals surface area contributed by atoms with Gasteiger partial charge in [-0.1, -0.05) is 48.0 Å². The van der Waals surface area contributed by atoms with E-state index in [4.69, 9.17) is 4.74 Å². The van der Waals surface area contributed by atoms with E-state index < -0.39 is 0 Å². The normalized spacial score (nSPS) is 10.2. The zero-order valence-electron chi connectivity index (χ0n) is 11.3. The number of rotatable bonds is 5. The molecule has 0 N–H and O–H groups in total. The minimum Gasteiger partial charge on any atom is -0.496 e. The van der Waals surface area contributed by atoms with Crippen LogP contribution in [0, 0.1) is 6.92 Å². The molecule has 0 fully saturated rings. The molecule has 0 spiro atoms. The smallest absolute Gasteiger partial charge is 0.141 e. The molecule has 2 rings (SSSR count). The highest BCUT2D eigenvalue weighted by Gasteiger charge is 2.09. The molecule has 2 aromatic carbocycles. The first-order valence-electron chi connectivity index (χ1n) is 6.38. The van der Waals surface area contributed by atoms with E-state index in [9.17, 15) is 4.79 Å². The highest BCUT2D eigenvalue weighted by atomic mass is 16.5. The van der Waals surface area contributed by atoms with Crippen molar-refractivity contribution >= 4 is 5.78 Å². The Morgan fingerprint density at radius 3 is 2.47 bits per heavy atom. The van der Waals surface area contributed by atoms with E-state index in [0.717, 1.165) is 22.4 Å². The summed E-state index contributed by atoms with van der Waals surface area (Å²) in [5, 5.41) is 0. The molecule has 2 nitrogen and oxygen atoms in total. The number of hydrogen-bond acceptors (Lipinski definition) is 2. The van der Waals surface area contributed by atoms with Crippen molar-refractivity contribution in [2.45, 2.75) is 19.8 Å². The molecule has 0 aliphatic carbocycles. The molecule has 0 unspecified atom stereocenters. The second kappa shape index (κ2) is 6.19. The molecule has 0 aromatic heterocycles. The van der Waals surface area contributed by atoms with Crippen molar-refractivity contribution in [3.63, 3.8) is 0 Å². The monoisotopic (exact) mass is 254 g/mol.